The molecule has 1 unspecified atom stereocenters. The number of urea groups is 1. The predicted octanol–water partition coefficient (Wildman–Crippen LogP) is 1.59. The van der Waals surface area contributed by atoms with Crippen molar-refractivity contribution in [3.63, 3.8) is 0 Å². The molecule has 0 aromatic heterocycles. The third kappa shape index (κ3) is 4.04. The summed E-state index contributed by atoms with van der Waals surface area (Å²) in [5.74, 6) is 0.109. The second kappa shape index (κ2) is 6.26. The minimum atomic E-state index is -3.06. The first kappa shape index (κ1) is 15.5. The van der Waals surface area contributed by atoms with Gasteiger partial charge in [0, 0.05) is 17.8 Å². The van der Waals surface area contributed by atoms with Gasteiger partial charge in [-0.1, -0.05) is 12.1 Å². The molecule has 1 saturated heterocycles. The number of carbonyl (C=O) groups excluding carboxylic acids is 2. The lowest BCUT2D eigenvalue weighted by Gasteiger charge is -2.12. The quantitative estimate of drug-likeness (QED) is 0.826. The van der Waals surface area contributed by atoms with Crippen molar-refractivity contribution in [1.29, 1.82) is 0 Å². The molecule has 1 aliphatic rings. The van der Waals surface area contributed by atoms with Crippen molar-refractivity contribution in [2.45, 2.75) is 25.0 Å². The third-order valence-corrected chi connectivity index (χ3v) is 5.76. The number of amides is 2. The summed E-state index contributed by atoms with van der Waals surface area (Å²) in [6, 6.07) is 6.11. The monoisotopic (exact) mass is 310 g/mol. The first-order valence-corrected chi connectivity index (χ1v) is 8.47. The molecule has 0 bridgehead atoms. The summed E-state index contributed by atoms with van der Waals surface area (Å²) in [6.07, 6.45) is 1.24. The molecule has 0 aliphatic carbocycles. The zero-order valence-electron chi connectivity index (χ0n) is 11.8. The highest BCUT2D eigenvalue weighted by molar-refractivity contribution is 7.92. The molecule has 0 radical (unpaired) electrons. The summed E-state index contributed by atoms with van der Waals surface area (Å²) in [7, 11) is -3.06. The summed E-state index contributed by atoms with van der Waals surface area (Å²) in [5, 5.41) is 4.66. The fourth-order valence-corrected chi connectivity index (χ4v) is 4.05. The van der Waals surface area contributed by atoms with Crippen molar-refractivity contribution in [3.05, 3.63) is 29.8 Å². The van der Waals surface area contributed by atoms with Gasteiger partial charge in [-0.2, -0.15) is 0 Å². The Balaban J connectivity index is 1.90. The van der Waals surface area contributed by atoms with Gasteiger partial charge in [0.15, 0.2) is 15.6 Å². The maximum Gasteiger partial charge on any atom is 0.319 e. The Morgan fingerprint density at radius 3 is 2.71 bits per heavy atom. The van der Waals surface area contributed by atoms with Crippen LogP contribution in [-0.2, 0) is 9.84 Å². The van der Waals surface area contributed by atoms with Gasteiger partial charge >= 0.3 is 6.03 Å². The van der Waals surface area contributed by atoms with Crippen LogP contribution in [0.25, 0.3) is 0 Å². The highest BCUT2D eigenvalue weighted by Gasteiger charge is 2.31. The molecular weight excluding hydrogens is 292 g/mol. The molecular formula is C14H18N2O4S. The highest BCUT2D eigenvalue weighted by atomic mass is 32.2. The van der Waals surface area contributed by atoms with Gasteiger partial charge in [0.25, 0.3) is 0 Å². The molecule has 1 atom stereocenters. The smallest absolute Gasteiger partial charge is 0.319 e. The Labute approximate surface area is 123 Å². The van der Waals surface area contributed by atoms with E-state index in [2.05, 4.69) is 10.6 Å². The van der Waals surface area contributed by atoms with Gasteiger partial charge in [-0.15, -0.1) is 0 Å². The topological polar surface area (TPSA) is 92.3 Å². The van der Waals surface area contributed by atoms with E-state index in [4.69, 9.17) is 0 Å². The number of sulfone groups is 1. The number of rotatable bonds is 4. The van der Waals surface area contributed by atoms with Gasteiger partial charge in [0.05, 0.1) is 11.0 Å². The van der Waals surface area contributed by atoms with Gasteiger partial charge in [0.1, 0.15) is 0 Å². The van der Waals surface area contributed by atoms with Crippen LogP contribution in [0.4, 0.5) is 10.5 Å². The van der Waals surface area contributed by atoms with Gasteiger partial charge in [-0.05, 0) is 31.9 Å². The Kier molecular flexibility index (Phi) is 4.62. The van der Waals surface area contributed by atoms with E-state index in [1.54, 1.807) is 24.3 Å². The average molecular weight is 310 g/mol. The molecule has 2 rings (SSSR count). The zero-order chi connectivity index (χ0) is 15.5. The molecule has 21 heavy (non-hydrogen) atoms. The zero-order valence-corrected chi connectivity index (χ0v) is 12.6. The van der Waals surface area contributed by atoms with Crippen LogP contribution in [0.15, 0.2) is 24.3 Å². The summed E-state index contributed by atoms with van der Waals surface area (Å²) in [6.45, 7) is 1.56. The first-order chi connectivity index (χ1) is 9.88. The SMILES string of the molecule is CC(=O)c1cccc(NC(=O)NCC2CCCS2(=O)=O)c1. The lowest BCUT2D eigenvalue weighted by atomic mass is 10.1. The van der Waals surface area contributed by atoms with E-state index in [1.165, 1.54) is 6.92 Å². The first-order valence-electron chi connectivity index (χ1n) is 6.76. The highest BCUT2D eigenvalue weighted by Crippen LogP contribution is 2.19. The normalized spacial score (nSPS) is 20.0. The molecule has 114 valence electrons. The van der Waals surface area contributed by atoms with Crippen molar-refractivity contribution >= 4 is 27.3 Å². The minimum Gasteiger partial charge on any atom is -0.337 e. The second-order valence-corrected chi connectivity index (χ2v) is 7.50. The van der Waals surface area contributed by atoms with Crippen LogP contribution in [0.2, 0.25) is 0 Å². The Morgan fingerprint density at radius 2 is 2.10 bits per heavy atom. The Morgan fingerprint density at radius 1 is 1.33 bits per heavy atom. The van der Waals surface area contributed by atoms with Crippen LogP contribution in [0, 0.1) is 0 Å². The molecule has 2 amide bonds. The van der Waals surface area contributed by atoms with Gasteiger partial charge in [-0.3, -0.25) is 4.79 Å². The van der Waals surface area contributed by atoms with Crippen molar-refractivity contribution in [3.8, 4) is 0 Å². The van der Waals surface area contributed by atoms with E-state index in [0.717, 1.165) is 0 Å². The molecule has 0 spiro atoms. The molecule has 0 saturated carbocycles. The predicted molar refractivity (Wildman–Crippen MR) is 80.3 cm³/mol. The number of hydrogen-bond donors (Lipinski definition) is 2. The summed E-state index contributed by atoms with van der Waals surface area (Å²) < 4.78 is 23.3. The van der Waals surface area contributed by atoms with Crippen LogP contribution in [0.1, 0.15) is 30.1 Å². The third-order valence-electron chi connectivity index (χ3n) is 3.48. The van der Waals surface area contributed by atoms with Crippen molar-refractivity contribution < 1.29 is 18.0 Å². The number of carbonyl (C=O) groups is 2. The lowest BCUT2D eigenvalue weighted by molar-refractivity contribution is 0.101. The van der Waals surface area contributed by atoms with Crippen LogP contribution < -0.4 is 10.6 Å². The number of anilines is 1. The molecule has 7 heteroatoms. The van der Waals surface area contributed by atoms with E-state index in [9.17, 15) is 18.0 Å². The summed E-state index contributed by atoms with van der Waals surface area (Å²) >= 11 is 0. The fraction of sp³-hybridized carbons (Fsp3) is 0.429. The van der Waals surface area contributed by atoms with E-state index in [-0.39, 0.29) is 18.1 Å². The van der Waals surface area contributed by atoms with Crippen LogP contribution in [-0.4, -0.2) is 37.8 Å². The van der Waals surface area contributed by atoms with Crippen LogP contribution >= 0.6 is 0 Å². The summed E-state index contributed by atoms with van der Waals surface area (Å²) in [4.78, 5) is 23.0. The van der Waals surface area contributed by atoms with Crippen LogP contribution in [0.5, 0.6) is 0 Å². The molecule has 1 aliphatic heterocycles. The van der Waals surface area contributed by atoms with Gasteiger partial charge in [0.2, 0.25) is 0 Å². The van der Waals surface area contributed by atoms with Crippen molar-refractivity contribution in [1.82, 2.24) is 5.32 Å². The van der Waals surface area contributed by atoms with E-state index in [0.29, 0.717) is 24.1 Å². The van der Waals surface area contributed by atoms with Gasteiger partial charge in [-0.25, -0.2) is 13.2 Å². The van der Waals surface area contributed by atoms with Crippen molar-refractivity contribution in [2.75, 3.05) is 17.6 Å². The number of ketones is 1. The molecule has 1 heterocycles. The minimum absolute atomic E-state index is 0.0869. The Hall–Kier alpha value is -1.89. The molecule has 1 fully saturated rings. The molecule has 2 N–H and O–H groups in total. The second-order valence-electron chi connectivity index (χ2n) is 5.10. The number of benzene rings is 1. The molecule has 1 aromatic rings. The lowest BCUT2D eigenvalue weighted by Crippen LogP contribution is -2.37. The average Bonchev–Trinajstić information content (AvgIpc) is 2.75. The standard InChI is InChI=1S/C14H18N2O4S/c1-10(17)11-4-2-5-12(8-11)16-14(18)15-9-13-6-3-7-21(13,19)20/h2,4-5,8,13H,3,6-7,9H2,1H3,(H2,15,16,18). The largest absolute Gasteiger partial charge is 0.337 e. The van der Waals surface area contributed by atoms with Crippen molar-refractivity contribution in [2.24, 2.45) is 0 Å². The number of Topliss-reactive ketones (excluding diaryl/α,β-unsaturated/α-hetero) is 1. The number of hydrogen-bond acceptors (Lipinski definition) is 4. The fourth-order valence-electron chi connectivity index (χ4n) is 2.29. The summed E-state index contributed by atoms with van der Waals surface area (Å²) in [5.41, 5.74) is 1.00. The van der Waals surface area contributed by atoms with Crippen LogP contribution in [0.3, 0.4) is 0 Å². The van der Waals surface area contributed by atoms with E-state index >= 15 is 0 Å². The van der Waals surface area contributed by atoms with E-state index in [1.807, 2.05) is 0 Å². The van der Waals surface area contributed by atoms with Gasteiger partial charge < -0.3 is 10.6 Å². The molecule has 6 nitrogen and oxygen atoms in total. The Bertz CT molecular complexity index is 655. The maximum absolute atomic E-state index is 11.8. The number of nitrogens with one attached hydrogen (secondary N) is 2. The maximum atomic E-state index is 11.8. The molecule has 1 aromatic carbocycles. The van der Waals surface area contributed by atoms with E-state index < -0.39 is 21.1 Å².